The van der Waals surface area contributed by atoms with Crippen LogP contribution in [-0.4, -0.2) is 35.0 Å². The summed E-state index contributed by atoms with van der Waals surface area (Å²) in [7, 11) is 1.33. The molecule has 0 unspecified atom stereocenters. The van der Waals surface area contributed by atoms with Crippen molar-refractivity contribution in [2.45, 2.75) is 25.8 Å². The highest BCUT2D eigenvalue weighted by atomic mass is 32.2. The van der Waals surface area contributed by atoms with E-state index in [2.05, 4.69) is 9.84 Å². The Morgan fingerprint density at radius 3 is 2.57 bits per heavy atom. The fraction of sp³-hybridized carbons (Fsp3) is 0.353. The van der Waals surface area contributed by atoms with Gasteiger partial charge in [0.1, 0.15) is 5.03 Å². The summed E-state index contributed by atoms with van der Waals surface area (Å²) in [6, 6.07) is 5.59. The van der Waals surface area contributed by atoms with Gasteiger partial charge < -0.3 is 4.74 Å². The SMILES string of the molecule is COC(=O)/C=C/c1cccc2c1c(SC)nn2C(=O)C(C)(C)C. The van der Waals surface area contributed by atoms with Gasteiger partial charge in [0.25, 0.3) is 5.91 Å². The minimum Gasteiger partial charge on any atom is -0.466 e. The minimum atomic E-state index is -0.535. The van der Waals surface area contributed by atoms with Gasteiger partial charge in [-0.25, -0.2) is 4.79 Å². The lowest BCUT2D eigenvalue weighted by Crippen LogP contribution is -2.27. The van der Waals surface area contributed by atoms with Crippen LogP contribution >= 0.6 is 11.8 Å². The molecular formula is C17H20N2O3S. The number of thioether (sulfide) groups is 1. The molecular weight excluding hydrogens is 312 g/mol. The number of esters is 1. The van der Waals surface area contributed by atoms with Crippen LogP contribution in [0.5, 0.6) is 0 Å². The van der Waals surface area contributed by atoms with Gasteiger partial charge >= 0.3 is 5.97 Å². The number of carbonyl (C=O) groups is 2. The number of carbonyl (C=O) groups excluding carboxylic acids is 2. The standard InChI is InChI=1S/C17H20N2O3S/c1-17(2,3)16(21)19-12-8-6-7-11(9-10-13(20)22-4)14(12)15(18-19)23-5/h6-10H,1-5H3/b10-9+. The van der Waals surface area contributed by atoms with E-state index in [1.54, 1.807) is 6.08 Å². The van der Waals surface area contributed by atoms with E-state index in [0.717, 1.165) is 21.5 Å². The van der Waals surface area contributed by atoms with Gasteiger partial charge in [-0.05, 0) is 24.0 Å². The highest BCUT2D eigenvalue weighted by Crippen LogP contribution is 2.31. The number of hydrogen-bond donors (Lipinski definition) is 0. The summed E-state index contributed by atoms with van der Waals surface area (Å²) in [5.41, 5.74) is 1.03. The molecule has 1 aromatic carbocycles. The first-order chi connectivity index (χ1) is 10.8. The van der Waals surface area contributed by atoms with Crippen molar-refractivity contribution in [2.24, 2.45) is 5.41 Å². The zero-order chi connectivity index (χ0) is 17.2. The third kappa shape index (κ3) is 3.47. The summed E-state index contributed by atoms with van der Waals surface area (Å²) in [5.74, 6) is -0.497. The Balaban J connectivity index is 2.66. The molecule has 0 spiro atoms. The highest BCUT2D eigenvalue weighted by molar-refractivity contribution is 7.98. The Labute approximate surface area is 139 Å². The maximum atomic E-state index is 12.6. The van der Waals surface area contributed by atoms with Gasteiger partial charge in [0, 0.05) is 16.9 Å². The van der Waals surface area contributed by atoms with Gasteiger partial charge in [0.15, 0.2) is 0 Å². The number of ether oxygens (including phenoxy) is 1. The summed E-state index contributed by atoms with van der Waals surface area (Å²) in [6.45, 7) is 5.59. The second kappa shape index (κ2) is 6.58. The van der Waals surface area contributed by atoms with E-state index in [-0.39, 0.29) is 5.91 Å². The quantitative estimate of drug-likeness (QED) is 0.488. The van der Waals surface area contributed by atoms with E-state index < -0.39 is 11.4 Å². The highest BCUT2D eigenvalue weighted by Gasteiger charge is 2.27. The summed E-state index contributed by atoms with van der Waals surface area (Å²) in [6.07, 6.45) is 4.96. The molecule has 1 heterocycles. The number of hydrogen-bond acceptors (Lipinski definition) is 5. The van der Waals surface area contributed by atoms with Crippen molar-refractivity contribution in [3.8, 4) is 0 Å². The van der Waals surface area contributed by atoms with Crippen LogP contribution in [0.25, 0.3) is 17.0 Å². The molecule has 0 aliphatic heterocycles. The number of benzene rings is 1. The Bertz CT molecular complexity index is 785. The van der Waals surface area contributed by atoms with Gasteiger partial charge in [-0.3, -0.25) is 4.79 Å². The molecule has 2 rings (SSSR count). The molecule has 0 bridgehead atoms. The first-order valence-electron chi connectivity index (χ1n) is 7.16. The maximum absolute atomic E-state index is 12.6. The van der Waals surface area contributed by atoms with Crippen LogP contribution in [0.1, 0.15) is 31.1 Å². The molecule has 2 aromatic rings. The molecule has 23 heavy (non-hydrogen) atoms. The van der Waals surface area contributed by atoms with Crippen molar-refractivity contribution in [1.82, 2.24) is 9.78 Å². The smallest absolute Gasteiger partial charge is 0.330 e. The Morgan fingerprint density at radius 2 is 2.00 bits per heavy atom. The van der Waals surface area contributed by atoms with Crippen molar-refractivity contribution in [2.75, 3.05) is 13.4 Å². The van der Waals surface area contributed by atoms with Crippen molar-refractivity contribution in [3.63, 3.8) is 0 Å². The molecule has 6 heteroatoms. The van der Waals surface area contributed by atoms with E-state index in [9.17, 15) is 9.59 Å². The molecule has 0 N–H and O–H groups in total. The molecule has 1 aromatic heterocycles. The molecule has 0 aliphatic carbocycles. The maximum Gasteiger partial charge on any atom is 0.330 e. The summed E-state index contributed by atoms with van der Waals surface area (Å²) >= 11 is 1.47. The zero-order valence-corrected chi connectivity index (χ0v) is 14.7. The number of methoxy groups -OCH3 is 1. The van der Waals surface area contributed by atoms with Crippen LogP contribution in [-0.2, 0) is 9.53 Å². The fourth-order valence-electron chi connectivity index (χ4n) is 2.14. The van der Waals surface area contributed by atoms with Crippen LogP contribution in [0.3, 0.4) is 0 Å². The van der Waals surface area contributed by atoms with Gasteiger partial charge in [0.05, 0.1) is 12.6 Å². The lowest BCUT2D eigenvalue weighted by Gasteiger charge is -2.16. The molecule has 0 atom stereocenters. The van der Waals surface area contributed by atoms with E-state index in [0.29, 0.717) is 0 Å². The third-order valence-corrected chi connectivity index (χ3v) is 4.01. The zero-order valence-electron chi connectivity index (χ0n) is 13.9. The van der Waals surface area contributed by atoms with Crippen LogP contribution in [0.4, 0.5) is 0 Å². The summed E-state index contributed by atoms with van der Waals surface area (Å²) in [4.78, 5) is 24.0. The molecule has 0 saturated carbocycles. The molecule has 122 valence electrons. The Morgan fingerprint density at radius 1 is 1.30 bits per heavy atom. The molecule has 0 saturated heterocycles. The largest absolute Gasteiger partial charge is 0.466 e. The monoisotopic (exact) mass is 332 g/mol. The lowest BCUT2D eigenvalue weighted by molar-refractivity contribution is -0.134. The third-order valence-electron chi connectivity index (χ3n) is 3.34. The second-order valence-corrected chi connectivity index (χ2v) is 6.87. The predicted molar refractivity (Wildman–Crippen MR) is 92.6 cm³/mol. The Hall–Kier alpha value is -2.08. The number of nitrogens with zero attached hydrogens (tertiary/aromatic N) is 2. The van der Waals surface area contributed by atoms with Gasteiger partial charge in [-0.1, -0.05) is 32.9 Å². The molecule has 0 amide bonds. The van der Waals surface area contributed by atoms with Crippen LogP contribution in [0.2, 0.25) is 0 Å². The van der Waals surface area contributed by atoms with Crippen molar-refractivity contribution >= 4 is 40.6 Å². The van der Waals surface area contributed by atoms with E-state index >= 15 is 0 Å². The number of fused-ring (bicyclic) bond motifs is 1. The van der Waals surface area contributed by atoms with Crippen LogP contribution in [0, 0.1) is 5.41 Å². The van der Waals surface area contributed by atoms with E-state index in [1.165, 1.54) is 29.6 Å². The van der Waals surface area contributed by atoms with E-state index in [1.807, 2.05) is 45.2 Å². The van der Waals surface area contributed by atoms with Crippen molar-refractivity contribution in [3.05, 3.63) is 29.8 Å². The fourth-order valence-corrected chi connectivity index (χ4v) is 2.73. The first-order valence-corrected chi connectivity index (χ1v) is 8.38. The number of aromatic nitrogens is 2. The minimum absolute atomic E-state index is 0.0723. The van der Waals surface area contributed by atoms with Crippen LogP contribution < -0.4 is 0 Å². The van der Waals surface area contributed by atoms with Gasteiger partial charge in [-0.2, -0.15) is 9.78 Å². The van der Waals surface area contributed by atoms with Gasteiger partial charge in [0.2, 0.25) is 0 Å². The lowest BCUT2D eigenvalue weighted by atomic mass is 9.95. The first kappa shape index (κ1) is 17.3. The average Bonchev–Trinajstić information content (AvgIpc) is 2.90. The molecule has 5 nitrogen and oxygen atoms in total. The van der Waals surface area contributed by atoms with Crippen LogP contribution in [0.15, 0.2) is 29.3 Å². The molecule has 0 aliphatic rings. The number of rotatable bonds is 3. The molecule has 0 fully saturated rings. The Kier molecular flexibility index (Phi) is 4.94. The predicted octanol–water partition coefficient (Wildman–Crippen LogP) is 3.63. The average molecular weight is 332 g/mol. The van der Waals surface area contributed by atoms with Gasteiger partial charge in [-0.15, -0.1) is 11.8 Å². The molecule has 0 radical (unpaired) electrons. The topological polar surface area (TPSA) is 61.2 Å². The van der Waals surface area contributed by atoms with E-state index in [4.69, 9.17) is 0 Å². The van der Waals surface area contributed by atoms with Crippen molar-refractivity contribution in [1.29, 1.82) is 0 Å². The summed E-state index contributed by atoms with van der Waals surface area (Å²) in [5, 5.41) is 6.07. The van der Waals surface area contributed by atoms with Crippen molar-refractivity contribution < 1.29 is 14.3 Å². The summed E-state index contributed by atoms with van der Waals surface area (Å²) < 4.78 is 6.08. The normalized spacial score (nSPS) is 12.0. The second-order valence-electron chi connectivity index (χ2n) is 6.07.